The maximum absolute atomic E-state index is 11.2. The number of esters is 1. The molecule has 0 saturated carbocycles. The quantitative estimate of drug-likeness (QED) is 0.246. The Morgan fingerprint density at radius 1 is 1.07 bits per heavy atom. The lowest BCUT2D eigenvalue weighted by molar-refractivity contribution is -0.161. The fourth-order valence-electron chi connectivity index (χ4n) is 0.787. The summed E-state index contributed by atoms with van der Waals surface area (Å²) < 4.78 is 13.3. The first kappa shape index (κ1) is 12.7. The molecule has 0 aliphatic rings. The normalized spacial score (nSPS) is 10.0. The van der Waals surface area contributed by atoms with Gasteiger partial charge in [0.05, 0.1) is 13.5 Å². The highest BCUT2D eigenvalue weighted by molar-refractivity contribution is 6.37. The first-order chi connectivity index (χ1) is 6.56. The predicted molar refractivity (Wildman–Crippen MR) is 44.5 cm³/mol. The molecule has 0 fully saturated rings. The van der Waals surface area contributed by atoms with Crippen molar-refractivity contribution in [2.24, 2.45) is 0 Å². The molecule has 14 heavy (non-hydrogen) atoms. The third-order valence-corrected chi connectivity index (χ3v) is 1.44. The average Bonchev–Trinajstić information content (AvgIpc) is 2.18. The highest BCUT2D eigenvalue weighted by Gasteiger charge is 2.24. The van der Waals surface area contributed by atoms with Crippen LogP contribution >= 0.6 is 0 Å². The largest absolute Gasteiger partial charge is 0.463 e. The number of Topliss-reactive ketones (excluding diaryl/α,β-unsaturated/α-hetero) is 2. The third kappa shape index (κ3) is 3.63. The Morgan fingerprint density at radius 3 is 1.93 bits per heavy atom. The molecule has 0 atom stereocenters. The molecule has 0 saturated heterocycles. The van der Waals surface area contributed by atoms with Gasteiger partial charge in [-0.15, -0.1) is 0 Å². The lowest BCUT2D eigenvalue weighted by Gasteiger charge is -2.10. The van der Waals surface area contributed by atoms with Crippen LogP contribution in [0.5, 0.6) is 0 Å². The highest BCUT2D eigenvalue weighted by atomic mass is 16.7. The molecule has 0 aliphatic heterocycles. The summed E-state index contributed by atoms with van der Waals surface area (Å²) in [5, 5.41) is 0. The van der Waals surface area contributed by atoms with E-state index in [1.54, 1.807) is 0 Å². The second-order valence-corrected chi connectivity index (χ2v) is 2.36. The van der Waals surface area contributed by atoms with E-state index in [2.05, 4.69) is 14.2 Å². The Morgan fingerprint density at radius 2 is 1.57 bits per heavy atom. The van der Waals surface area contributed by atoms with E-state index in [1.165, 1.54) is 14.2 Å². The van der Waals surface area contributed by atoms with Gasteiger partial charge in [0, 0.05) is 14.2 Å². The lowest BCUT2D eigenvalue weighted by atomic mass is 10.2. The number of hydrogen-bond acceptors (Lipinski definition) is 6. The minimum absolute atomic E-state index is 0.584. The minimum atomic E-state index is -1.12. The van der Waals surface area contributed by atoms with E-state index in [9.17, 15) is 14.4 Å². The molecule has 0 heterocycles. The fraction of sp³-hybridized carbons (Fsp3) is 0.625. The molecular formula is C8H12O6. The summed E-state index contributed by atoms with van der Waals surface area (Å²) in [5.41, 5.74) is 0. The summed E-state index contributed by atoms with van der Waals surface area (Å²) in [7, 11) is 3.58. The molecule has 0 aromatic carbocycles. The van der Waals surface area contributed by atoms with E-state index in [0.717, 1.165) is 7.11 Å². The molecule has 6 heteroatoms. The van der Waals surface area contributed by atoms with Gasteiger partial charge in [0.25, 0.3) is 0 Å². The number of methoxy groups -OCH3 is 3. The maximum atomic E-state index is 11.2. The zero-order chi connectivity index (χ0) is 11.1. The average molecular weight is 204 g/mol. The predicted octanol–water partition coefficient (Wildman–Crippen LogP) is -0.693. The smallest absolute Gasteiger partial charge is 0.374 e. The van der Waals surface area contributed by atoms with Gasteiger partial charge >= 0.3 is 5.97 Å². The summed E-state index contributed by atoms with van der Waals surface area (Å²) >= 11 is 0. The van der Waals surface area contributed by atoms with Gasteiger partial charge in [-0.05, 0) is 0 Å². The molecule has 0 amide bonds. The van der Waals surface area contributed by atoms with Crippen LogP contribution in [0.25, 0.3) is 0 Å². The molecule has 6 nitrogen and oxygen atoms in total. The Kier molecular flexibility index (Phi) is 5.66. The van der Waals surface area contributed by atoms with Gasteiger partial charge < -0.3 is 14.2 Å². The number of carbonyl (C=O) groups excluding carboxylic acids is 3. The van der Waals surface area contributed by atoms with E-state index >= 15 is 0 Å². The van der Waals surface area contributed by atoms with Crippen LogP contribution < -0.4 is 0 Å². The van der Waals surface area contributed by atoms with Crippen molar-refractivity contribution in [3.05, 3.63) is 0 Å². The molecule has 0 radical (unpaired) electrons. The molecule has 0 aromatic rings. The first-order valence-electron chi connectivity index (χ1n) is 3.76. The lowest BCUT2D eigenvalue weighted by Crippen LogP contribution is -2.29. The van der Waals surface area contributed by atoms with E-state index in [4.69, 9.17) is 0 Å². The fourth-order valence-corrected chi connectivity index (χ4v) is 0.787. The highest BCUT2D eigenvalue weighted by Crippen LogP contribution is 1.99. The van der Waals surface area contributed by atoms with Crippen molar-refractivity contribution in [3.8, 4) is 0 Å². The Hall–Kier alpha value is -1.27. The van der Waals surface area contributed by atoms with Crippen molar-refractivity contribution in [2.75, 3.05) is 21.3 Å². The standard InChI is InChI=1S/C8H12O6/c1-12-7(11)5(9)4-6(10)8(13-2)14-3/h8H,4H2,1-3H3. The molecule has 0 aromatic heterocycles. The van der Waals surface area contributed by atoms with Gasteiger partial charge in [0.1, 0.15) is 0 Å². The maximum Gasteiger partial charge on any atom is 0.374 e. The molecule has 0 aliphatic carbocycles. The van der Waals surface area contributed by atoms with Crippen molar-refractivity contribution in [3.63, 3.8) is 0 Å². The third-order valence-electron chi connectivity index (χ3n) is 1.44. The van der Waals surface area contributed by atoms with Gasteiger partial charge in [0.15, 0.2) is 5.78 Å². The van der Waals surface area contributed by atoms with Gasteiger partial charge in [-0.3, -0.25) is 9.59 Å². The van der Waals surface area contributed by atoms with Crippen LogP contribution in [-0.4, -0.2) is 45.2 Å². The Balaban J connectivity index is 4.18. The monoisotopic (exact) mass is 204 g/mol. The second-order valence-electron chi connectivity index (χ2n) is 2.36. The molecule has 0 bridgehead atoms. The van der Waals surface area contributed by atoms with Crippen LogP contribution in [0.2, 0.25) is 0 Å². The summed E-state index contributed by atoms with van der Waals surface area (Å²) in [6.45, 7) is 0. The number of rotatable bonds is 6. The van der Waals surface area contributed by atoms with Crippen LogP contribution in [0, 0.1) is 0 Å². The SMILES string of the molecule is COC(=O)C(=O)CC(=O)C(OC)OC. The zero-order valence-corrected chi connectivity index (χ0v) is 8.23. The molecular weight excluding hydrogens is 192 g/mol. The summed E-state index contributed by atoms with van der Waals surface area (Å²) in [4.78, 5) is 32.7. The molecule has 0 rings (SSSR count). The minimum Gasteiger partial charge on any atom is -0.463 e. The number of carbonyl (C=O) groups is 3. The van der Waals surface area contributed by atoms with E-state index < -0.39 is 30.2 Å². The van der Waals surface area contributed by atoms with Crippen LogP contribution in [0.15, 0.2) is 0 Å². The summed E-state index contributed by atoms with van der Waals surface area (Å²) in [6, 6.07) is 0. The molecule has 0 spiro atoms. The van der Waals surface area contributed by atoms with Gasteiger partial charge in [-0.1, -0.05) is 0 Å². The van der Waals surface area contributed by atoms with Crippen LogP contribution in [0.1, 0.15) is 6.42 Å². The van der Waals surface area contributed by atoms with Crippen molar-refractivity contribution in [1.29, 1.82) is 0 Å². The molecule has 0 N–H and O–H groups in total. The van der Waals surface area contributed by atoms with Crippen molar-refractivity contribution >= 4 is 17.5 Å². The second kappa shape index (κ2) is 6.22. The summed E-state index contributed by atoms with van der Waals surface area (Å²) in [6.07, 6.45) is -1.71. The zero-order valence-electron chi connectivity index (χ0n) is 8.23. The number of hydrogen-bond donors (Lipinski definition) is 0. The van der Waals surface area contributed by atoms with Gasteiger partial charge in [-0.25, -0.2) is 4.79 Å². The van der Waals surface area contributed by atoms with E-state index in [-0.39, 0.29) is 0 Å². The molecule has 0 unspecified atom stereocenters. The van der Waals surface area contributed by atoms with E-state index in [1.807, 2.05) is 0 Å². The Labute approximate surface area is 81.1 Å². The van der Waals surface area contributed by atoms with Gasteiger partial charge in [0.2, 0.25) is 12.1 Å². The number of ether oxygens (including phenoxy) is 3. The first-order valence-corrected chi connectivity index (χ1v) is 3.76. The van der Waals surface area contributed by atoms with Gasteiger partial charge in [-0.2, -0.15) is 0 Å². The van der Waals surface area contributed by atoms with E-state index in [0.29, 0.717) is 0 Å². The van der Waals surface area contributed by atoms with Crippen molar-refractivity contribution in [1.82, 2.24) is 0 Å². The van der Waals surface area contributed by atoms with Crippen LogP contribution in [0.4, 0.5) is 0 Å². The summed E-state index contributed by atoms with van der Waals surface area (Å²) in [5.74, 6) is -2.59. The van der Waals surface area contributed by atoms with Crippen LogP contribution in [0.3, 0.4) is 0 Å². The number of ketones is 2. The van der Waals surface area contributed by atoms with Crippen molar-refractivity contribution < 1.29 is 28.6 Å². The Bertz CT molecular complexity index is 230. The molecule has 80 valence electrons. The van der Waals surface area contributed by atoms with Crippen molar-refractivity contribution in [2.45, 2.75) is 12.7 Å². The van der Waals surface area contributed by atoms with Crippen LogP contribution in [-0.2, 0) is 28.6 Å². The topological polar surface area (TPSA) is 78.9 Å².